The summed E-state index contributed by atoms with van der Waals surface area (Å²) in [4.78, 5) is 10.8. The maximum atomic E-state index is 12.4. The van der Waals surface area contributed by atoms with E-state index in [1.165, 1.54) is 6.20 Å². The molecule has 1 rings (SSSR count). The first kappa shape index (κ1) is 12.3. The molecular formula is C8H9F2IN2O2. The first-order chi connectivity index (χ1) is 6.97. The molecule has 1 aromatic heterocycles. The Balaban J connectivity index is 3.05. The largest absolute Gasteiger partial charge is 0.480 e. The predicted molar refractivity (Wildman–Crippen MR) is 56.9 cm³/mol. The average molecular weight is 330 g/mol. The van der Waals surface area contributed by atoms with E-state index in [4.69, 9.17) is 5.11 Å². The number of carboxylic acids is 1. The number of carboxylic acid groups (broad SMARTS) is 1. The zero-order chi connectivity index (χ0) is 11.6. The lowest BCUT2D eigenvalue weighted by atomic mass is 10.2. The van der Waals surface area contributed by atoms with Crippen LogP contribution >= 0.6 is 22.6 Å². The van der Waals surface area contributed by atoms with E-state index in [1.807, 2.05) is 0 Å². The number of carbonyl (C=O) groups is 1. The minimum Gasteiger partial charge on any atom is -0.480 e. The first-order valence-electron chi connectivity index (χ1n) is 4.22. The SMILES string of the molecule is CC[C@H](C(=O)O)n1cc(I)c(C(F)F)n1. The van der Waals surface area contributed by atoms with Crippen LogP contribution in [0.4, 0.5) is 8.78 Å². The molecule has 1 heterocycles. The van der Waals surface area contributed by atoms with Crippen molar-refractivity contribution in [1.29, 1.82) is 0 Å². The Morgan fingerprint density at radius 2 is 2.33 bits per heavy atom. The van der Waals surface area contributed by atoms with Gasteiger partial charge in [0.05, 0.1) is 3.57 Å². The number of aliphatic carboxylic acids is 1. The molecule has 0 spiro atoms. The summed E-state index contributed by atoms with van der Waals surface area (Å²) in [5.74, 6) is -1.07. The van der Waals surface area contributed by atoms with Crippen molar-refractivity contribution in [2.75, 3.05) is 0 Å². The molecule has 0 aliphatic rings. The number of hydrogen-bond donors (Lipinski definition) is 1. The zero-order valence-corrected chi connectivity index (χ0v) is 9.98. The summed E-state index contributed by atoms with van der Waals surface area (Å²) in [7, 11) is 0. The Morgan fingerprint density at radius 3 is 2.67 bits per heavy atom. The fourth-order valence-corrected chi connectivity index (χ4v) is 1.79. The Kier molecular flexibility index (Phi) is 4.00. The summed E-state index contributed by atoms with van der Waals surface area (Å²) >= 11 is 1.71. The molecule has 1 atom stereocenters. The smallest absolute Gasteiger partial charge is 0.328 e. The summed E-state index contributed by atoms with van der Waals surface area (Å²) in [6, 6.07) is -0.883. The molecule has 7 heteroatoms. The molecule has 0 saturated carbocycles. The Labute approximate surface area is 98.4 Å². The summed E-state index contributed by atoms with van der Waals surface area (Å²) in [6.45, 7) is 1.66. The normalized spacial score (nSPS) is 13.1. The summed E-state index contributed by atoms with van der Waals surface area (Å²) in [5.41, 5.74) is -0.365. The van der Waals surface area contributed by atoms with Gasteiger partial charge in [-0.3, -0.25) is 4.68 Å². The van der Waals surface area contributed by atoms with Crippen molar-refractivity contribution < 1.29 is 18.7 Å². The van der Waals surface area contributed by atoms with Crippen LogP contribution in [-0.4, -0.2) is 20.9 Å². The number of halogens is 3. The van der Waals surface area contributed by atoms with Gasteiger partial charge in [0.1, 0.15) is 11.7 Å². The third kappa shape index (κ3) is 2.64. The maximum absolute atomic E-state index is 12.4. The van der Waals surface area contributed by atoms with Gasteiger partial charge in [0, 0.05) is 6.20 Å². The Morgan fingerprint density at radius 1 is 1.73 bits per heavy atom. The molecule has 4 nitrogen and oxygen atoms in total. The quantitative estimate of drug-likeness (QED) is 0.863. The third-order valence-corrected chi connectivity index (χ3v) is 2.74. The van der Waals surface area contributed by atoms with Gasteiger partial charge in [-0.1, -0.05) is 6.92 Å². The Hall–Kier alpha value is -0.730. The third-order valence-electron chi connectivity index (χ3n) is 1.91. The van der Waals surface area contributed by atoms with Crippen LogP contribution in [0, 0.1) is 3.57 Å². The molecule has 84 valence electrons. The highest BCUT2D eigenvalue weighted by Gasteiger charge is 2.23. The maximum Gasteiger partial charge on any atom is 0.328 e. The van der Waals surface area contributed by atoms with Crippen LogP contribution in [0.1, 0.15) is 31.5 Å². The molecule has 0 aromatic carbocycles. The van der Waals surface area contributed by atoms with E-state index in [9.17, 15) is 13.6 Å². The van der Waals surface area contributed by atoms with Gasteiger partial charge in [0.25, 0.3) is 6.43 Å². The molecule has 0 unspecified atom stereocenters. The number of alkyl halides is 2. The molecule has 0 saturated heterocycles. The van der Waals surface area contributed by atoms with Crippen molar-refractivity contribution in [3.8, 4) is 0 Å². The predicted octanol–water partition coefficient (Wildman–Crippen LogP) is 2.46. The first-order valence-corrected chi connectivity index (χ1v) is 5.30. The molecule has 0 amide bonds. The van der Waals surface area contributed by atoms with E-state index >= 15 is 0 Å². The van der Waals surface area contributed by atoms with Crippen LogP contribution in [0.5, 0.6) is 0 Å². The van der Waals surface area contributed by atoms with Crippen LogP contribution < -0.4 is 0 Å². The molecule has 0 aliphatic heterocycles. The second-order valence-electron chi connectivity index (χ2n) is 2.91. The van der Waals surface area contributed by atoms with Crippen LogP contribution in [-0.2, 0) is 4.79 Å². The number of rotatable bonds is 4. The summed E-state index contributed by atoms with van der Waals surface area (Å²) in [5, 5.41) is 12.4. The molecule has 0 bridgehead atoms. The minimum atomic E-state index is -2.68. The van der Waals surface area contributed by atoms with Crippen LogP contribution in [0.15, 0.2) is 6.20 Å². The molecule has 0 aliphatic carbocycles. The fourth-order valence-electron chi connectivity index (χ4n) is 1.17. The highest BCUT2D eigenvalue weighted by Crippen LogP contribution is 2.24. The second kappa shape index (κ2) is 4.86. The Bertz CT molecular complexity index is 368. The molecule has 0 radical (unpaired) electrons. The van der Waals surface area contributed by atoms with Crippen LogP contribution in [0.2, 0.25) is 0 Å². The van der Waals surface area contributed by atoms with Gasteiger partial charge in [-0.2, -0.15) is 5.10 Å². The lowest BCUT2D eigenvalue weighted by molar-refractivity contribution is -0.141. The van der Waals surface area contributed by atoms with Crippen molar-refractivity contribution in [2.45, 2.75) is 25.8 Å². The fraction of sp³-hybridized carbons (Fsp3) is 0.500. The lowest BCUT2D eigenvalue weighted by Gasteiger charge is -2.09. The van der Waals surface area contributed by atoms with Gasteiger partial charge in [-0.05, 0) is 29.0 Å². The second-order valence-corrected chi connectivity index (χ2v) is 4.07. The van der Waals surface area contributed by atoms with Gasteiger partial charge in [-0.25, -0.2) is 13.6 Å². The van der Waals surface area contributed by atoms with Gasteiger partial charge in [-0.15, -0.1) is 0 Å². The van der Waals surface area contributed by atoms with Crippen molar-refractivity contribution >= 4 is 28.6 Å². The van der Waals surface area contributed by atoms with Crippen LogP contribution in [0.3, 0.4) is 0 Å². The van der Waals surface area contributed by atoms with E-state index in [1.54, 1.807) is 29.5 Å². The number of nitrogens with zero attached hydrogens (tertiary/aromatic N) is 2. The van der Waals surface area contributed by atoms with Crippen LogP contribution in [0.25, 0.3) is 0 Å². The van der Waals surface area contributed by atoms with Gasteiger partial charge in [0.2, 0.25) is 0 Å². The summed E-state index contributed by atoms with van der Waals surface area (Å²) < 4.78 is 26.1. The van der Waals surface area contributed by atoms with E-state index in [-0.39, 0.29) is 9.26 Å². The highest BCUT2D eigenvalue weighted by molar-refractivity contribution is 14.1. The standard InChI is InChI=1S/C8H9F2IN2O2/c1-2-5(8(14)15)13-3-4(11)6(12-13)7(9)10/h3,5,7H,2H2,1H3,(H,14,15)/t5-/m1/s1. The molecular weight excluding hydrogens is 321 g/mol. The number of aromatic nitrogens is 2. The van der Waals surface area contributed by atoms with Gasteiger partial charge < -0.3 is 5.11 Å². The topological polar surface area (TPSA) is 55.1 Å². The monoisotopic (exact) mass is 330 g/mol. The molecule has 1 N–H and O–H groups in total. The van der Waals surface area contributed by atoms with Crippen molar-refractivity contribution in [3.05, 3.63) is 15.5 Å². The van der Waals surface area contributed by atoms with E-state index in [0.29, 0.717) is 6.42 Å². The highest BCUT2D eigenvalue weighted by atomic mass is 127. The molecule has 15 heavy (non-hydrogen) atoms. The molecule has 0 fully saturated rings. The summed E-state index contributed by atoms with van der Waals surface area (Å²) in [6.07, 6.45) is -1.05. The van der Waals surface area contributed by atoms with E-state index in [0.717, 1.165) is 4.68 Å². The van der Waals surface area contributed by atoms with Crippen molar-refractivity contribution in [2.24, 2.45) is 0 Å². The lowest BCUT2D eigenvalue weighted by Crippen LogP contribution is -2.18. The minimum absolute atomic E-state index is 0.280. The van der Waals surface area contributed by atoms with E-state index in [2.05, 4.69) is 5.10 Å². The van der Waals surface area contributed by atoms with E-state index < -0.39 is 18.4 Å². The van der Waals surface area contributed by atoms with Crippen molar-refractivity contribution in [1.82, 2.24) is 9.78 Å². The zero-order valence-electron chi connectivity index (χ0n) is 7.82. The van der Waals surface area contributed by atoms with Crippen molar-refractivity contribution in [3.63, 3.8) is 0 Å². The number of hydrogen-bond acceptors (Lipinski definition) is 2. The van der Waals surface area contributed by atoms with Gasteiger partial charge >= 0.3 is 5.97 Å². The molecule has 1 aromatic rings. The average Bonchev–Trinajstić information content (AvgIpc) is 2.48. The van der Waals surface area contributed by atoms with Gasteiger partial charge in [0.15, 0.2) is 0 Å².